The molecule has 0 saturated carbocycles. The molecule has 1 aromatic heterocycles. The van der Waals surface area contributed by atoms with Crippen molar-refractivity contribution in [1.82, 2.24) is 14.7 Å². The second-order valence-electron chi connectivity index (χ2n) is 5.11. The molecule has 106 valence electrons. The summed E-state index contributed by atoms with van der Waals surface area (Å²) in [4.78, 5) is 13.2. The van der Waals surface area contributed by atoms with Crippen LogP contribution in [-0.2, 0) is 24.8 Å². The highest BCUT2D eigenvalue weighted by Gasteiger charge is 2.41. The number of hydrogen-bond donors (Lipinski definition) is 2. The second-order valence-corrected chi connectivity index (χ2v) is 5.90. The molecule has 1 aliphatic heterocycles. The summed E-state index contributed by atoms with van der Waals surface area (Å²) >= 11 is 3.57. The molecule has 1 aliphatic rings. The Bertz CT molecular complexity index is 502. The van der Waals surface area contributed by atoms with Gasteiger partial charge in [0, 0.05) is 26.7 Å². The molecule has 7 heteroatoms. The van der Waals surface area contributed by atoms with Crippen LogP contribution in [0.1, 0.15) is 24.7 Å². The number of aliphatic carboxylic acids is 1. The maximum atomic E-state index is 11.1. The molecule has 0 spiro atoms. The van der Waals surface area contributed by atoms with Crippen molar-refractivity contribution in [1.29, 1.82) is 0 Å². The lowest BCUT2D eigenvalue weighted by Gasteiger charge is -2.20. The number of nitrogens with two attached hydrogens (primary N) is 1. The van der Waals surface area contributed by atoms with E-state index >= 15 is 0 Å². The first-order chi connectivity index (χ1) is 8.87. The highest BCUT2D eigenvalue weighted by molar-refractivity contribution is 9.10. The average Bonchev–Trinajstić information content (AvgIpc) is 2.86. The number of aryl methyl sites for hydroxylation is 2. The van der Waals surface area contributed by atoms with Crippen LogP contribution in [0.15, 0.2) is 4.47 Å². The molecule has 0 bridgehead atoms. The van der Waals surface area contributed by atoms with E-state index in [9.17, 15) is 4.79 Å². The highest BCUT2D eigenvalue weighted by atomic mass is 79.9. The summed E-state index contributed by atoms with van der Waals surface area (Å²) in [5.41, 5.74) is 6.85. The monoisotopic (exact) mass is 330 g/mol. The molecule has 1 aromatic rings. The van der Waals surface area contributed by atoms with Crippen molar-refractivity contribution in [3.05, 3.63) is 15.9 Å². The maximum Gasteiger partial charge on any atom is 0.325 e. The third kappa shape index (κ3) is 2.68. The van der Waals surface area contributed by atoms with Gasteiger partial charge in [-0.15, -0.1) is 0 Å². The molecule has 1 fully saturated rings. The molecular weight excluding hydrogens is 312 g/mol. The van der Waals surface area contributed by atoms with E-state index in [1.54, 1.807) is 0 Å². The number of hydrogen-bond acceptors (Lipinski definition) is 4. The molecule has 1 saturated heterocycles. The number of halogens is 1. The van der Waals surface area contributed by atoms with Crippen molar-refractivity contribution in [3.8, 4) is 0 Å². The topological polar surface area (TPSA) is 84.4 Å². The number of carboxylic acids is 1. The molecular formula is C12H19BrN4O2. The van der Waals surface area contributed by atoms with E-state index in [0.29, 0.717) is 26.1 Å². The minimum absolute atomic E-state index is 0.376. The van der Waals surface area contributed by atoms with Gasteiger partial charge in [-0.05, 0) is 28.8 Å². The normalized spacial score (nSPS) is 24.0. The van der Waals surface area contributed by atoms with Crippen LogP contribution in [0.3, 0.4) is 0 Å². The fourth-order valence-corrected chi connectivity index (χ4v) is 3.17. The van der Waals surface area contributed by atoms with Crippen LogP contribution in [0.5, 0.6) is 0 Å². The van der Waals surface area contributed by atoms with E-state index in [0.717, 1.165) is 22.3 Å². The third-order valence-electron chi connectivity index (χ3n) is 3.68. The van der Waals surface area contributed by atoms with Gasteiger partial charge >= 0.3 is 5.97 Å². The van der Waals surface area contributed by atoms with Crippen molar-refractivity contribution in [3.63, 3.8) is 0 Å². The van der Waals surface area contributed by atoms with Gasteiger partial charge in [0.15, 0.2) is 0 Å². The lowest BCUT2D eigenvalue weighted by atomic mass is 10.0. The van der Waals surface area contributed by atoms with Crippen LogP contribution >= 0.6 is 15.9 Å². The van der Waals surface area contributed by atoms with Crippen LogP contribution < -0.4 is 5.73 Å². The van der Waals surface area contributed by atoms with Gasteiger partial charge in [0.1, 0.15) is 5.54 Å². The summed E-state index contributed by atoms with van der Waals surface area (Å²) < 4.78 is 2.86. The van der Waals surface area contributed by atoms with Crippen LogP contribution in [-0.4, -0.2) is 44.4 Å². The van der Waals surface area contributed by atoms with E-state index in [4.69, 9.17) is 10.8 Å². The standard InChI is InChI=1S/C12H19BrN4O2/c1-3-8-10(13)9(16(2)15-8)6-17-5-4-12(14,7-17)11(18)19/h3-7,14H2,1-2H3,(H,18,19). The number of rotatable bonds is 4. The Morgan fingerprint density at radius 2 is 2.32 bits per heavy atom. The van der Waals surface area contributed by atoms with Gasteiger partial charge in [0.25, 0.3) is 0 Å². The molecule has 1 atom stereocenters. The summed E-state index contributed by atoms with van der Waals surface area (Å²) in [6.45, 7) is 3.79. The Balaban J connectivity index is 2.12. The third-order valence-corrected chi connectivity index (χ3v) is 4.60. The minimum atomic E-state index is -1.11. The summed E-state index contributed by atoms with van der Waals surface area (Å²) in [6, 6.07) is 0. The van der Waals surface area contributed by atoms with E-state index in [1.165, 1.54) is 0 Å². The Labute approximate surface area is 120 Å². The van der Waals surface area contributed by atoms with Crippen LogP contribution in [0, 0.1) is 0 Å². The zero-order valence-corrected chi connectivity index (χ0v) is 12.8. The van der Waals surface area contributed by atoms with Crippen LogP contribution in [0.4, 0.5) is 0 Å². The smallest absolute Gasteiger partial charge is 0.325 e. The number of aromatic nitrogens is 2. The molecule has 3 N–H and O–H groups in total. The molecule has 0 aliphatic carbocycles. The fraction of sp³-hybridized carbons (Fsp3) is 0.667. The first kappa shape index (κ1) is 14.5. The molecule has 0 aromatic carbocycles. The fourth-order valence-electron chi connectivity index (χ4n) is 2.43. The van der Waals surface area contributed by atoms with Crippen molar-refractivity contribution in [2.45, 2.75) is 31.8 Å². The first-order valence-corrected chi connectivity index (χ1v) is 7.11. The van der Waals surface area contributed by atoms with Gasteiger partial charge < -0.3 is 10.8 Å². The van der Waals surface area contributed by atoms with E-state index in [2.05, 4.69) is 32.9 Å². The Kier molecular flexibility index (Phi) is 3.98. The second kappa shape index (κ2) is 5.22. The Hall–Kier alpha value is -0.920. The molecule has 2 heterocycles. The van der Waals surface area contributed by atoms with Gasteiger partial charge in [0.2, 0.25) is 0 Å². The quantitative estimate of drug-likeness (QED) is 0.850. The van der Waals surface area contributed by atoms with Crippen LogP contribution in [0.25, 0.3) is 0 Å². The molecule has 6 nitrogen and oxygen atoms in total. The van der Waals surface area contributed by atoms with Crippen molar-refractivity contribution in [2.24, 2.45) is 12.8 Å². The number of carbonyl (C=O) groups is 1. The zero-order chi connectivity index (χ0) is 14.2. The Morgan fingerprint density at radius 3 is 2.79 bits per heavy atom. The van der Waals surface area contributed by atoms with E-state index in [-0.39, 0.29) is 0 Å². The summed E-state index contributed by atoms with van der Waals surface area (Å²) in [6.07, 6.45) is 1.35. The van der Waals surface area contributed by atoms with Gasteiger partial charge in [-0.3, -0.25) is 14.4 Å². The maximum absolute atomic E-state index is 11.1. The van der Waals surface area contributed by atoms with Crippen molar-refractivity contribution in [2.75, 3.05) is 13.1 Å². The first-order valence-electron chi connectivity index (χ1n) is 6.32. The molecule has 19 heavy (non-hydrogen) atoms. The molecule has 1 unspecified atom stereocenters. The Morgan fingerprint density at radius 1 is 1.63 bits per heavy atom. The van der Waals surface area contributed by atoms with Gasteiger partial charge in [-0.25, -0.2) is 0 Å². The SMILES string of the molecule is CCc1nn(C)c(CN2CCC(N)(C(=O)O)C2)c1Br. The van der Waals surface area contributed by atoms with Gasteiger partial charge in [-0.1, -0.05) is 6.92 Å². The lowest BCUT2D eigenvalue weighted by molar-refractivity contribution is -0.142. The highest BCUT2D eigenvalue weighted by Crippen LogP contribution is 2.26. The largest absolute Gasteiger partial charge is 0.480 e. The average molecular weight is 331 g/mol. The van der Waals surface area contributed by atoms with Crippen molar-refractivity contribution >= 4 is 21.9 Å². The lowest BCUT2D eigenvalue weighted by Crippen LogP contribution is -2.50. The van der Waals surface area contributed by atoms with Crippen molar-refractivity contribution < 1.29 is 9.90 Å². The predicted molar refractivity (Wildman–Crippen MR) is 74.7 cm³/mol. The number of nitrogens with zero attached hydrogens (tertiary/aromatic N) is 3. The van der Waals surface area contributed by atoms with E-state index in [1.807, 2.05) is 11.7 Å². The van der Waals surface area contributed by atoms with Gasteiger partial charge in [-0.2, -0.15) is 5.10 Å². The summed E-state index contributed by atoms with van der Waals surface area (Å²) in [7, 11) is 1.90. The molecule has 2 rings (SSSR count). The summed E-state index contributed by atoms with van der Waals surface area (Å²) in [5, 5.41) is 13.6. The molecule has 0 amide bonds. The number of likely N-dealkylation sites (tertiary alicyclic amines) is 1. The van der Waals surface area contributed by atoms with E-state index < -0.39 is 11.5 Å². The molecule has 0 radical (unpaired) electrons. The predicted octanol–water partition coefficient (Wildman–Crippen LogP) is 0.733. The summed E-state index contributed by atoms with van der Waals surface area (Å²) in [5.74, 6) is -0.923. The number of carboxylic acid groups (broad SMARTS) is 1. The van der Waals surface area contributed by atoms with Gasteiger partial charge in [0.05, 0.1) is 15.9 Å². The minimum Gasteiger partial charge on any atom is -0.480 e. The van der Waals surface area contributed by atoms with Crippen LogP contribution in [0.2, 0.25) is 0 Å². The zero-order valence-electron chi connectivity index (χ0n) is 11.2.